The van der Waals surface area contributed by atoms with Gasteiger partial charge in [0, 0.05) is 29.2 Å². The third-order valence-electron chi connectivity index (χ3n) is 4.01. The van der Waals surface area contributed by atoms with Crippen molar-refractivity contribution in [2.24, 2.45) is 0 Å². The fourth-order valence-corrected chi connectivity index (χ4v) is 3.20. The lowest BCUT2D eigenvalue weighted by atomic mass is 10.1. The molecule has 1 aliphatic rings. The molecule has 1 fully saturated rings. The van der Waals surface area contributed by atoms with E-state index in [9.17, 15) is 0 Å². The zero-order valence-corrected chi connectivity index (χ0v) is 14.1. The smallest absolute Gasteiger partial charge is 0.123 e. The average molecular weight is 341 g/mol. The number of hydrogen-bond acceptors (Lipinski definition) is 3. The van der Waals surface area contributed by atoms with Crippen molar-refractivity contribution in [2.75, 3.05) is 26.7 Å². The Kier molecular flexibility index (Phi) is 6.33. The molecule has 1 N–H and O–H groups in total. The van der Waals surface area contributed by atoms with E-state index in [1.165, 1.54) is 37.9 Å². The summed E-state index contributed by atoms with van der Waals surface area (Å²) in [6.45, 7) is 6.69. The summed E-state index contributed by atoms with van der Waals surface area (Å²) in [4.78, 5) is 2.59. The minimum Gasteiger partial charge on any atom is -0.496 e. The van der Waals surface area contributed by atoms with E-state index in [-0.39, 0.29) is 0 Å². The van der Waals surface area contributed by atoms with Crippen molar-refractivity contribution in [3.63, 3.8) is 0 Å². The number of methoxy groups -OCH3 is 1. The van der Waals surface area contributed by atoms with Gasteiger partial charge in [0.1, 0.15) is 5.75 Å². The zero-order valence-electron chi connectivity index (χ0n) is 12.5. The normalized spacial score (nSPS) is 17.9. The van der Waals surface area contributed by atoms with Crippen molar-refractivity contribution < 1.29 is 4.74 Å². The number of halogens is 1. The van der Waals surface area contributed by atoms with Crippen molar-refractivity contribution in [1.29, 1.82) is 0 Å². The largest absolute Gasteiger partial charge is 0.496 e. The van der Waals surface area contributed by atoms with E-state index in [1.807, 2.05) is 12.1 Å². The minimum absolute atomic E-state index is 0.605. The molecule has 20 heavy (non-hydrogen) atoms. The SMILES string of the molecule is COc1ccc(Br)cc1CNCC(C)N1CCCCC1. The van der Waals surface area contributed by atoms with Gasteiger partial charge in [-0.3, -0.25) is 4.90 Å². The van der Waals surface area contributed by atoms with Crippen LogP contribution in [0, 0.1) is 0 Å². The molecule has 1 saturated heterocycles. The monoisotopic (exact) mass is 340 g/mol. The Bertz CT molecular complexity index is 419. The molecule has 112 valence electrons. The summed E-state index contributed by atoms with van der Waals surface area (Å²) >= 11 is 3.52. The predicted molar refractivity (Wildman–Crippen MR) is 87.3 cm³/mol. The molecule has 1 aliphatic heterocycles. The third-order valence-corrected chi connectivity index (χ3v) is 4.50. The summed E-state index contributed by atoms with van der Waals surface area (Å²) in [6.07, 6.45) is 4.10. The molecule has 4 heteroatoms. The molecular formula is C16H25BrN2O. The molecule has 0 spiro atoms. The molecule has 1 aromatic carbocycles. The van der Waals surface area contributed by atoms with Crippen LogP contribution in [0.3, 0.4) is 0 Å². The van der Waals surface area contributed by atoms with Crippen LogP contribution in [0.5, 0.6) is 5.75 Å². The maximum Gasteiger partial charge on any atom is 0.123 e. The summed E-state index contributed by atoms with van der Waals surface area (Å²) in [5, 5.41) is 3.56. The molecule has 1 heterocycles. The quantitative estimate of drug-likeness (QED) is 0.858. The van der Waals surface area contributed by atoms with Gasteiger partial charge in [0.15, 0.2) is 0 Å². The molecule has 0 amide bonds. The highest BCUT2D eigenvalue weighted by atomic mass is 79.9. The van der Waals surface area contributed by atoms with E-state index in [0.29, 0.717) is 6.04 Å². The Hall–Kier alpha value is -0.580. The van der Waals surface area contributed by atoms with Gasteiger partial charge in [0.25, 0.3) is 0 Å². The van der Waals surface area contributed by atoms with Crippen molar-refractivity contribution in [3.05, 3.63) is 28.2 Å². The second kappa shape index (κ2) is 8.01. The summed E-state index contributed by atoms with van der Waals surface area (Å²) in [7, 11) is 1.73. The Morgan fingerprint density at radius 3 is 2.75 bits per heavy atom. The Balaban J connectivity index is 1.81. The van der Waals surface area contributed by atoms with Gasteiger partial charge < -0.3 is 10.1 Å². The van der Waals surface area contributed by atoms with E-state index < -0.39 is 0 Å². The lowest BCUT2D eigenvalue weighted by Gasteiger charge is -2.32. The summed E-state index contributed by atoms with van der Waals surface area (Å²) in [5.74, 6) is 0.950. The number of piperidine rings is 1. The van der Waals surface area contributed by atoms with Gasteiger partial charge in [-0.25, -0.2) is 0 Å². The molecule has 1 atom stereocenters. The first-order valence-electron chi connectivity index (χ1n) is 7.48. The number of nitrogens with zero attached hydrogens (tertiary/aromatic N) is 1. The minimum atomic E-state index is 0.605. The topological polar surface area (TPSA) is 24.5 Å². The van der Waals surface area contributed by atoms with Crippen LogP contribution in [-0.2, 0) is 6.54 Å². The van der Waals surface area contributed by atoms with Gasteiger partial charge in [0.05, 0.1) is 7.11 Å². The third kappa shape index (κ3) is 4.47. The van der Waals surface area contributed by atoms with Crippen molar-refractivity contribution in [1.82, 2.24) is 10.2 Å². The van der Waals surface area contributed by atoms with Gasteiger partial charge in [-0.15, -0.1) is 0 Å². The fraction of sp³-hybridized carbons (Fsp3) is 0.625. The first-order valence-corrected chi connectivity index (χ1v) is 8.27. The number of benzene rings is 1. The van der Waals surface area contributed by atoms with Crippen LogP contribution in [0.4, 0.5) is 0 Å². The maximum atomic E-state index is 5.40. The van der Waals surface area contributed by atoms with Gasteiger partial charge in [0.2, 0.25) is 0 Å². The highest BCUT2D eigenvalue weighted by Gasteiger charge is 2.16. The molecule has 1 aromatic rings. The Labute approximate surface area is 130 Å². The summed E-state index contributed by atoms with van der Waals surface area (Å²) in [6, 6.07) is 6.75. The number of ether oxygens (including phenoxy) is 1. The molecule has 0 aliphatic carbocycles. The van der Waals surface area contributed by atoms with E-state index in [4.69, 9.17) is 4.74 Å². The van der Waals surface area contributed by atoms with Crippen LogP contribution in [0.1, 0.15) is 31.7 Å². The van der Waals surface area contributed by atoms with Crippen LogP contribution in [-0.4, -0.2) is 37.7 Å². The van der Waals surface area contributed by atoms with E-state index in [0.717, 1.165) is 23.3 Å². The molecule has 1 unspecified atom stereocenters. The number of hydrogen-bond donors (Lipinski definition) is 1. The van der Waals surface area contributed by atoms with Crippen molar-refractivity contribution >= 4 is 15.9 Å². The van der Waals surface area contributed by atoms with Gasteiger partial charge >= 0.3 is 0 Å². The summed E-state index contributed by atoms with van der Waals surface area (Å²) in [5.41, 5.74) is 1.20. The van der Waals surface area contributed by atoms with E-state index in [2.05, 4.69) is 39.1 Å². The Morgan fingerprint density at radius 2 is 2.05 bits per heavy atom. The second-order valence-electron chi connectivity index (χ2n) is 5.53. The van der Waals surface area contributed by atoms with E-state index in [1.54, 1.807) is 7.11 Å². The molecule has 0 saturated carbocycles. The molecule has 2 rings (SSSR count). The maximum absolute atomic E-state index is 5.40. The standard InChI is InChI=1S/C16H25BrN2O/c1-13(19-8-4-3-5-9-19)11-18-12-14-10-15(17)6-7-16(14)20-2/h6-7,10,13,18H,3-5,8-9,11-12H2,1-2H3. The first-order chi connectivity index (χ1) is 9.70. The van der Waals surface area contributed by atoms with Crippen LogP contribution < -0.4 is 10.1 Å². The molecule has 0 radical (unpaired) electrons. The summed E-state index contributed by atoms with van der Waals surface area (Å²) < 4.78 is 6.50. The number of likely N-dealkylation sites (tertiary alicyclic amines) is 1. The number of rotatable bonds is 6. The lowest BCUT2D eigenvalue weighted by Crippen LogP contribution is -2.42. The molecule has 3 nitrogen and oxygen atoms in total. The predicted octanol–water partition coefficient (Wildman–Crippen LogP) is 3.42. The van der Waals surface area contributed by atoms with Crippen LogP contribution >= 0.6 is 15.9 Å². The highest BCUT2D eigenvalue weighted by Crippen LogP contribution is 2.22. The molecular weight excluding hydrogens is 316 g/mol. The van der Waals surface area contributed by atoms with Gasteiger partial charge in [-0.1, -0.05) is 22.4 Å². The Morgan fingerprint density at radius 1 is 1.30 bits per heavy atom. The lowest BCUT2D eigenvalue weighted by molar-refractivity contribution is 0.170. The zero-order chi connectivity index (χ0) is 14.4. The van der Waals surface area contributed by atoms with E-state index >= 15 is 0 Å². The van der Waals surface area contributed by atoms with Gasteiger partial charge in [-0.2, -0.15) is 0 Å². The van der Waals surface area contributed by atoms with Crippen molar-refractivity contribution in [2.45, 2.75) is 38.8 Å². The highest BCUT2D eigenvalue weighted by molar-refractivity contribution is 9.10. The molecule has 0 bridgehead atoms. The molecule has 0 aromatic heterocycles. The van der Waals surface area contributed by atoms with Crippen molar-refractivity contribution in [3.8, 4) is 5.75 Å². The second-order valence-corrected chi connectivity index (χ2v) is 6.45. The van der Waals surface area contributed by atoms with Gasteiger partial charge in [-0.05, 0) is 51.1 Å². The number of nitrogens with one attached hydrogen (secondary N) is 1. The fourth-order valence-electron chi connectivity index (χ4n) is 2.79. The van der Waals surface area contributed by atoms with Crippen LogP contribution in [0.2, 0.25) is 0 Å². The average Bonchev–Trinajstić information content (AvgIpc) is 2.48. The van der Waals surface area contributed by atoms with Crippen LogP contribution in [0.15, 0.2) is 22.7 Å². The first kappa shape index (κ1) is 15.8. The van der Waals surface area contributed by atoms with Crippen LogP contribution in [0.25, 0.3) is 0 Å².